The summed E-state index contributed by atoms with van der Waals surface area (Å²) in [6.07, 6.45) is -8.78. The van der Waals surface area contributed by atoms with Crippen molar-refractivity contribution in [2.45, 2.75) is 12.4 Å². The number of halogens is 7. The van der Waals surface area contributed by atoms with Gasteiger partial charge in [0.1, 0.15) is 5.82 Å². The Bertz CT molecular complexity index is 1240. The Hall–Kier alpha value is -3.48. The van der Waals surface area contributed by atoms with E-state index < -0.39 is 34.7 Å². The lowest BCUT2D eigenvalue weighted by molar-refractivity contribution is -0.138. The Morgan fingerprint density at radius 2 is 1.69 bits per heavy atom. The summed E-state index contributed by atoms with van der Waals surface area (Å²) in [6.45, 7) is 0. The molecule has 2 aromatic heterocycles. The fourth-order valence-corrected chi connectivity index (χ4v) is 2.98. The van der Waals surface area contributed by atoms with Crippen molar-refractivity contribution in [3.05, 3.63) is 79.6 Å². The van der Waals surface area contributed by atoms with E-state index in [1.165, 1.54) is 7.05 Å². The van der Waals surface area contributed by atoms with Crippen molar-refractivity contribution in [1.29, 1.82) is 0 Å². The van der Waals surface area contributed by atoms with E-state index in [0.717, 1.165) is 29.3 Å². The Balaban J connectivity index is 1.91. The van der Waals surface area contributed by atoms with Crippen LogP contribution in [0.15, 0.2) is 52.2 Å². The molecule has 0 radical (unpaired) electrons. The molecule has 0 saturated heterocycles. The Kier molecular flexibility index (Phi) is 5.96. The van der Waals surface area contributed by atoms with Gasteiger partial charge >= 0.3 is 18.0 Å². The molecule has 0 fully saturated rings. The van der Waals surface area contributed by atoms with Gasteiger partial charge < -0.3 is 0 Å². The van der Waals surface area contributed by atoms with Gasteiger partial charge in [0, 0.05) is 19.3 Å². The summed E-state index contributed by atoms with van der Waals surface area (Å²) in [5, 5.41) is 0.677. The number of H-pyrrole nitrogens is 1. The summed E-state index contributed by atoms with van der Waals surface area (Å²) >= 11 is 5.84. The third-order valence-corrected chi connectivity index (χ3v) is 4.40. The number of benzene rings is 1. The number of anilines is 2. The van der Waals surface area contributed by atoms with E-state index in [1.54, 1.807) is 0 Å². The molecule has 3 aromatic rings. The molecule has 0 bridgehead atoms. The molecule has 1 aromatic carbocycles. The second-order valence-electron chi connectivity index (χ2n) is 6.41. The molecule has 0 aliphatic carbocycles. The van der Waals surface area contributed by atoms with Crippen molar-refractivity contribution in [3.8, 4) is 5.69 Å². The summed E-state index contributed by atoms with van der Waals surface area (Å²) in [5.41, 5.74) is -1.94. The van der Waals surface area contributed by atoms with E-state index in [4.69, 9.17) is 11.6 Å². The standard InChI is InChI=1S/C18H12ClF6N5O2/c1-29(15-12(19)6-10(8-26-15)18(23,24)25)28-13-7-14(31)30(16(32)27-13)11-4-2-3-9(5-11)17(20,21)22/h2-8,28H,1H3,(H,27,32). The normalized spacial score (nSPS) is 12.0. The van der Waals surface area contributed by atoms with Crippen molar-refractivity contribution < 1.29 is 26.3 Å². The first kappa shape index (κ1) is 23.2. The van der Waals surface area contributed by atoms with Gasteiger partial charge in [0.15, 0.2) is 5.82 Å². The van der Waals surface area contributed by atoms with Crippen LogP contribution in [0.2, 0.25) is 5.02 Å². The van der Waals surface area contributed by atoms with Gasteiger partial charge in [0.05, 0.1) is 21.8 Å². The molecule has 0 aliphatic heterocycles. The van der Waals surface area contributed by atoms with Crippen molar-refractivity contribution in [2.24, 2.45) is 0 Å². The number of aromatic nitrogens is 3. The smallest absolute Gasteiger partial charge is 0.292 e. The first-order valence-corrected chi connectivity index (χ1v) is 8.92. The van der Waals surface area contributed by atoms with E-state index >= 15 is 0 Å². The number of alkyl halides is 6. The fourth-order valence-electron chi connectivity index (χ4n) is 2.69. The highest BCUT2D eigenvalue weighted by Gasteiger charge is 2.32. The van der Waals surface area contributed by atoms with Crippen molar-refractivity contribution in [2.75, 3.05) is 17.5 Å². The van der Waals surface area contributed by atoms with Crippen LogP contribution in [0.5, 0.6) is 0 Å². The van der Waals surface area contributed by atoms with Crippen LogP contribution in [0, 0.1) is 0 Å². The fraction of sp³-hybridized carbons (Fsp3) is 0.167. The molecule has 2 heterocycles. The molecule has 0 spiro atoms. The van der Waals surface area contributed by atoms with E-state index in [-0.39, 0.29) is 22.3 Å². The third-order valence-electron chi connectivity index (χ3n) is 4.12. The molecule has 7 nitrogen and oxygen atoms in total. The van der Waals surface area contributed by atoms with E-state index in [2.05, 4.69) is 15.4 Å². The van der Waals surface area contributed by atoms with Gasteiger partial charge in [-0.2, -0.15) is 26.3 Å². The second kappa shape index (κ2) is 8.22. The van der Waals surface area contributed by atoms with Crippen LogP contribution in [0.4, 0.5) is 38.0 Å². The molecule has 0 unspecified atom stereocenters. The molecule has 32 heavy (non-hydrogen) atoms. The van der Waals surface area contributed by atoms with Crippen LogP contribution in [0.3, 0.4) is 0 Å². The van der Waals surface area contributed by atoms with Gasteiger partial charge in [0.2, 0.25) is 0 Å². The SMILES string of the molecule is CN(Nc1cc(=O)n(-c2cccc(C(F)(F)F)c2)c(=O)[nH]1)c1ncc(C(F)(F)F)cc1Cl. The maximum atomic E-state index is 12.9. The minimum atomic E-state index is -4.68. The van der Waals surface area contributed by atoms with Crippen LogP contribution >= 0.6 is 11.6 Å². The minimum Gasteiger partial charge on any atom is -0.292 e. The molecule has 0 atom stereocenters. The van der Waals surface area contributed by atoms with Gasteiger partial charge in [0.25, 0.3) is 5.56 Å². The summed E-state index contributed by atoms with van der Waals surface area (Å²) in [6, 6.07) is 5.14. The van der Waals surface area contributed by atoms with Crippen LogP contribution < -0.4 is 21.7 Å². The average molecular weight is 480 g/mol. The van der Waals surface area contributed by atoms with E-state index in [0.29, 0.717) is 22.9 Å². The average Bonchev–Trinajstić information content (AvgIpc) is 2.66. The third kappa shape index (κ3) is 4.88. The second-order valence-corrected chi connectivity index (χ2v) is 6.82. The lowest BCUT2D eigenvalue weighted by Gasteiger charge is -2.21. The molecular weight excluding hydrogens is 468 g/mol. The zero-order chi connectivity index (χ0) is 23.8. The highest BCUT2D eigenvalue weighted by atomic mass is 35.5. The van der Waals surface area contributed by atoms with E-state index in [9.17, 15) is 35.9 Å². The summed E-state index contributed by atoms with van der Waals surface area (Å²) in [7, 11) is 1.30. The number of nitrogens with zero attached hydrogens (tertiary/aromatic N) is 3. The lowest BCUT2D eigenvalue weighted by Crippen LogP contribution is -2.36. The Morgan fingerprint density at radius 3 is 2.25 bits per heavy atom. The minimum absolute atomic E-state index is 0.150. The molecule has 2 N–H and O–H groups in total. The highest BCUT2D eigenvalue weighted by molar-refractivity contribution is 6.33. The monoisotopic (exact) mass is 479 g/mol. The largest absolute Gasteiger partial charge is 0.417 e. The van der Waals surface area contributed by atoms with Crippen molar-refractivity contribution >= 4 is 23.2 Å². The number of hydrazine groups is 1. The van der Waals surface area contributed by atoms with Gasteiger partial charge in [-0.1, -0.05) is 17.7 Å². The topological polar surface area (TPSA) is 83.0 Å². The van der Waals surface area contributed by atoms with E-state index in [1.807, 2.05) is 0 Å². The zero-order valence-electron chi connectivity index (χ0n) is 15.8. The number of nitrogens with one attached hydrogen (secondary N) is 2. The molecule has 0 amide bonds. The van der Waals surface area contributed by atoms with Gasteiger partial charge in [-0.15, -0.1) is 0 Å². The molecule has 0 saturated carbocycles. The number of rotatable bonds is 4. The van der Waals surface area contributed by atoms with Gasteiger partial charge in [-0.05, 0) is 24.3 Å². The number of pyridine rings is 1. The molecule has 14 heteroatoms. The van der Waals surface area contributed by atoms with Crippen LogP contribution in [0.25, 0.3) is 5.69 Å². The summed E-state index contributed by atoms with van der Waals surface area (Å²) in [5.74, 6) is -0.355. The summed E-state index contributed by atoms with van der Waals surface area (Å²) < 4.78 is 77.4. The number of aromatic amines is 1. The molecule has 170 valence electrons. The van der Waals surface area contributed by atoms with Crippen LogP contribution in [-0.2, 0) is 12.4 Å². The van der Waals surface area contributed by atoms with Gasteiger partial charge in [-0.3, -0.25) is 20.2 Å². The van der Waals surface area contributed by atoms with Crippen LogP contribution in [0.1, 0.15) is 11.1 Å². The molecule has 0 aliphatic rings. The zero-order valence-corrected chi connectivity index (χ0v) is 16.6. The highest BCUT2D eigenvalue weighted by Crippen LogP contribution is 2.33. The predicted octanol–water partition coefficient (Wildman–Crippen LogP) is 4.08. The molecular formula is C18H12ClF6N5O2. The quantitative estimate of drug-likeness (QED) is 0.435. The number of hydrogen-bond donors (Lipinski definition) is 2. The van der Waals surface area contributed by atoms with Crippen molar-refractivity contribution in [3.63, 3.8) is 0 Å². The van der Waals surface area contributed by atoms with Crippen LogP contribution in [-0.4, -0.2) is 21.6 Å². The first-order chi connectivity index (χ1) is 14.8. The Labute approximate surface area is 179 Å². The first-order valence-electron chi connectivity index (χ1n) is 8.54. The Morgan fingerprint density at radius 1 is 1.03 bits per heavy atom. The summed E-state index contributed by atoms with van der Waals surface area (Å²) in [4.78, 5) is 30.6. The van der Waals surface area contributed by atoms with Gasteiger partial charge in [-0.25, -0.2) is 14.3 Å². The van der Waals surface area contributed by atoms with Crippen molar-refractivity contribution in [1.82, 2.24) is 14.5 Å². The maximum Gasteiger partial charge on any atom is 0.417 e. The predicted molar refractivity (Wildman–Crippen MR) is 104 cm³/mol. The number of hydrogen-bond acceptors (Lipinski definition) is 5. The maximum absolute atomic E-state index is 12.9. The molecule has 3 rings (SSSR count). The lowest BCUT2D eigenvalue weighted by atomic mass is 10.2.